The van der Waals surface area contributed by atoms with Gasteiger partial charge in [-0.2, -0.15) is 0 Å². The van der Waals surface area contributed by atoms with Crippen molar-refractivity contribution in [3.63, 3.8) is 0 Å². The molecule has 2 rings (SSSR count). The SMILES string of the molecule is C=C1CC(OC)(C(O)C(=O)NC(OC)C2CC(=O)C(C)(C)C(CC(COC)OC)O2)OC(C)C1C. The summed E-state index contributed by atoms with van der Waals surface area (Å²) >= 11 is 0. The first-order valence-electron chi connectivity index (χ1n) is 12.0. The molecule has 1 amide bonds. The largest absolute Gasteiger partial charge is 0.382 e. The van der Waals surface area contributed by atoms with Crippen molar-refractivity contribution in [1.29, 1.82) is 0 Å². The van der Waals surface area contributed by atoms with E-state index in [1.807, 2.05) is 27.7 Å². The van der Waals surface area contributed by atoms with Gasteiger partial charge in [0, 0.05) is 59.0 Å². The van der Waals surface area contributed by atoms with Gasteiger partial charge in [-0.15, -0.1) is 0 Å². The van der Waals surface area contributed by atoms with Crippen molar-refractivity contribution in [3.05, 3.63) is 12.2 Å². The Hall–Kier alpha value is -1.40. The van der Waals surface area contributed by atoms with E-state index in [0.29, 0.717) is 13.0 Å². The van der Waals surface area contributed by atoms with Gasteiger partial charge >= 0.3 is 0 Å². The molecule has 0 radical (unpaired) electrons. The van der Waals surface area contributed by atoms with Crippen LogP contribution in [-0.4, -0.2) is 94.4 Å². The van der Waals surface area contributed by atoms with Crippen LogP contribution in [0.2, 0.25) is 0 Å². The van der Waals surface area contributed by atoms with E-state index in [0.717, 1.165) is 5.57 Å². The summed E-state index contributed by atoms with van der Waals surface area (Å²) in [7, 11) is 5.93. The number of carbonyl (C=O) groups excluding carboxylic acids is 2. The lowest BCUT2D eigenvalue weighted by Crippen LogP contribution is -2.62. The number of ketones is 1. The van der Waals surface area contributed by atoms with Crippen LogP contribution in [0.25, 0.3) is 0 Å². The number of methoxy groups -OCH3 is 4. The van der Waals surface area contributed by atoms with Crippen LogP contribution in [0.1, 0.15) is 47.0 Å². The van der Waals surface area contributed by atoms with Gasteiger partial charge in [0.25, 0.3) is 5.91 Å². The zero-order chi connectivity index (χ0) is 26.6. The minimum atomic E-state index is -1.66. The molecule has 35 heavy (non-hydrogen) atoms. The Morgan fingerprint density at radius 3 is 2.40 bits per heavy atom. The summed E-state index contributed by atoms with van der Waals surface area (Å²) in [5.41, 5.74) is 0.0577. The lowest BCUT2D eigenvalue weighted by molar-refractivity contribution is -0.298. The summed E-state index contributed by atoms with van der Waals surface area (Å²) < 4.78 is 33.9. The lowest BCUT2D eigenvalue weighted by atomic mass is 9.75. The van der Waals surface area contributed by atoms with Crippen LogP contribution in [0.15, 0.2) is 12.2 Å². The minimum Gasteiger partial charge on any atom is -0.382 e. The Kier molecular flexibility index (Phi) is 10.4. The predicted molar refractivity (Wildman–Crippen MR) is 128 cm³/mol. The van der Waals surface area contributed by atoms with Crippen LogP contribution in [0.4, 0.5) is 0 Å². The quantitative estimate of drug-likeness (QED) is 0.321. The van der Waals surface area contributed by atoms with E-state index in [1.165, 1.54) is 14.2 Å². The molecule has 2 N–H and O–H groups in total. The van der Waals surface area contributed by atoms with Gasteiger partial charge in [0.1, 0.15) is 11.9 Å². The van der Waals surface area contributed by atoms with Gasteiger partial charge in [0.2, 0.25) is 5.79 Å². The average molecular weight is 502 g/mol. The Labute approximate surface area is 208 Å². The molecule has 2 saturated heterocycles. The number of ether oxygens (including phenoxy) is 6. The highest BCUT2D eigenvalue weighted by Gasteiger charge is 2.51. The number of Topliss-reactive ketones (excluding diaryl/α,β-unsaturated/α-hetero) is 1. The number of nitrogens with one attached hydrogen (secondary N) is 1. The molecule has 0 spiro atoms. The fraction of sp³-hybridized carbons (Fsp3) is 0.840. The highest BCUT2D eigenvalue weighted by molar-refractivity contribution is 5.86. The Bertz CT molecular complexity index is 757. The van der Waals surface area contributed by atoms with Crippen LogP contribution in [0.3, 0.4) is 0 Å². The molecule has 8 unspecified atom stereocenters. The van der Waals surface area contributed by atoms with Crippen molar-refractivity contribution in [2.24, 2.45) is 11.3 Å². The third kappa shape index (κ3) is 6.49. The monoisotopic (exact) mass is 501 g/mol. The second-order valence-electron chi connectivity index (χ2n) is 10.1. The van der Waals surface area contributed by atoms with Crippen LogP contribution >= 0.6 is 0 Å². The number of hydrogen-bond acceptors (Lipinski definition) is 9. The van der Waals surface area contributed by atoms with Crippen LogP contribution in [-0.2, 0) is 38.0 Å². The van der Waals surface area contributed by atoms with E-state index in [9.17, 15) is 14.7 Å². The number of amides is 1. The zero-order valence-corrected chi connectivity index (χ0v) is 22.3. The van der Waals surface area contributed by atoms with E-state index in [-0.39, 0.29) is 36.8 Å². The molecule has 202 valence electrons. The maximum Gasteiger partial charge on any atom is 0.256 e. The molecule has 0 aliphatic carbocycles. The molecule has 10 heteroatoms. The van der Waals surface area contributed by atoms with E-state index >= 15 is 0 Å². The molecular formula is C25H43NO9. The number of aliphatic hydroxyl groups is 1. The van der Waals surface area contributed by atoms with Crippen molar-refractivity contribution in [2.45, 2.75) is 89.5 Å². The highest BCUT2D eigenvalue weighted by atomic mass is 16.7. The Morgan fingerprint density at radius 1 is 1.23 bits per heavy atom. The van der Waals surface area contributed by atoms with Crippen molar-refractivity contribution in [3.8, 4) is 0 Å². The number of carbonyl (C=O) groups is 2. The molecule has 0 aromatic carbocycles. The molecule has 10 nitrogen and oxygen atoms in total. The third-order valence-corrected chi connectivity index (χ3v) is 7.51. The summed E-state index contributed by atoms with van der Waals surface area (Å²) in [5, 5.41) is 13.6. The fourth-order valence-corrected chi connectivity index (χ4v) is 4.62. The molecule has 0 saturated carbocycles. The third-order valence-electron chi connectivity index (χ3n) is 7.51. The van der Waals surface area contributed by atoms with Crippen molar-refractivity contribution in [1.82, 2.24) is 5.32 Å². The molecule has 8 atom stereocenters. The molecule has 2 aliphatic rings. The van der Waals surface area contributed by atoms with Crippen LogP contribution in [0.5, 0.6) is 0 Å². The van der Waals surface area contributed by atoms with Crippen molar-refractivity contribution in [2.75, 3.05) is 35.0 Å². The molecule has 0 aromatic heterocycles. The Morgan fingerprint density at radius 2 is 1.89 bits per heavy atom. The fourth-order valence-electron chi connectivity index (χ4n) is 4.62. The van der Waals surface area contributed by atoms with Crippen LogP contribution in [0, 0.1) is 11.3 Å². The maximum absolute atomic E-state index is 13.1. The summed E-state index contributed by atoms with van der Waals surface area (Å²) in [6.45, 7) is 11.9. The van der Waals surface area contributed by atoms with E-state index < -0.39 is 41.6 Å². The highest BCUT2D eigenvalue weighted by Crippen LogP contribution is 2.39. The molecule has 2 fully saturated rings. The molecule has 2 aliphatic heterocycles. The minimum absolute atomic E-state index is 0.0223. The summed E-state index contributed by atoms with van der Waals surface area (Å²) in [6, 6.07) is 0. The standard InChI is InChI=1S/C25H43NO9/c1-14-12-25(33-9,35-16(3)15(14)2)21(28)22(29)26-23(32-8)18-11-19(27)24(4,5)20(34-18)10-17(31-7)13-30-6/h15-18,20-21,23,28H,1,10-13H2,2-9H3,(H,26,29). The normalized spacial score (nSPS) is 33.7. The lowest BCUT2D eigenvalue weighted by Gasteiger charge is -2.46. The molecule has 0 bridgehead atoms. The van der Waals surface area contributed by atoms with E-state index in [2.05, 4.69) is 11.9 Å². The van der Waals surface area contributed by atoms with Gasteiger partial charge in [-0.3, -0.25) is 9.59 Å². The number of hydrogen-bond donors (Lipinski definition) is 2. The Balaban J connectivity index is 2.17. The van der Waals surface area contributed by atoms with Crippen LogP contribution < -0.4 is 5.32 Å². The average Bonchev–Trinajstić information content (AvgIpc) is 2.82. The van der Waals surface area contributed by atoms with Gasteiger partial charge in [-0.25, -0.2) is 0 Å². The molecule has 2 heterocycles. The van der Waals surface area contributed by atoms with E-state index in [1.54, 1.807) is 14.2 Å². The van der Waals surface area contributed by atoms with E-state index in [4.69, 9.17) is 28.4 Å². The second kappa shape index (κ2) is 12.2. The zero-order valence-electron chi connectivity index (χ0n) is 22.3. The predicted octanol–water partition coefficient (Wildman–Crippen LogP) is 1.58. The maximum atomic E-state index is 13.1. The second-order valence-corrected chi connectivity index (χ2v) is 10.1. The molecular weight excluding hydrogens is 458 g/mol. The van der Waals surface area contributed by atoms with Gasteiger partial charge < -0.3 is 38.8 Å². The van der Waals surface area contributed by atoms with Crippen molar-refractivity contribution >= 4 is 11.7 Å². The first-order chi connectivity index (χ1) is 16.4. The van der Waals surface area contributed by atoms with Gasteiger partial charge in [-0.05, 0) is 6.92 Å². The smallest absolute Gasteiger partial charge is 0.256 e. The topological polar surface area (TPSA) is 122 Å². The summed E-state index contributed by atoms with van der Waals surface area (Å²) in [4.78, 5) is 26.1. The van der Waals surface area contributed by atoms with Gasteiger partial charge in [0.15, 0.2) is 12.3 Å². The number of aliphatic hydroxyl groups excluding tert-OH is 1. The first-order valence-corrected chi connectivity index (χ1v) is 12.0. The first kappa shape index (κ1) is 29.8. The van der Waals surface area contributed by atoms with Gasteiger partial charge in [0.05, 0.1) is 24.9 Å². The summed E-state index contributed by atoms with van der Waals surface area (Å²) in [5.74, 6) is -2.31. The van der Waals surface area contributed by atoms with Gasteiger partial charge in [-0.1, -0.05) is 32.9 Å². The summed E-state index contributed by atoms with van der Waals surface area (Å²) in [6.07, 6.45) is -3.86. The molecule has 0 aromatic rings. The number of rotatable bonds is 11. The van der Waals surface area contributed by atoms with Crippen molar-refractivity contribution < 1.29 is 43.1 Å².